The van der Waals surface area contributed by atoms with Crippen molar-refractivity contribution in [1.29, 1.82) is 0 Å². The first-order valence-electron chi connectivity index (χ1n) is 8.92. The highest BCUT2D eigenvalue weighted by Gasteiger charge is 2.20. The van der Waals surface area contributed by atoms with Crippen molar-refractivity contribution in [2.24, 2.45) is 0 Å². The van der Waals surface area contributed by atoms with Crippen LogP contribution in [-0.2, 0) is 15.8 Å². The third-order valence-corrected chi connectivity index (χ3v) is 7.43. The van der Waals surface area contributed by atoms with Crippen LogP contribution in [0.2, 0.25) is 5.02 Å². The van der Waals surface area contributed by atoms with E-state index in [4.69, 9.17) is 11.6 Å². The zero-order valence-corrected chi connectivity index (χ0v) is 18.8. The van der Waals surface area contributed by atoms with Gasteiger partial charge in [-0.05, 0) is 54.1 Å². The van der Waals surface area contributed by atoms with Crippen LogP contribution in [0.3, 0.4) is 0 Å². The molecule has 3 rings (SSSR count). The van der Waals surface area contributed by atoms with Gasteiger partial charge in [0, 0.05) is 42.8 Å². The Morgan fingerprint density at radius 1 is 1.13 bits per heavy atom. The molecule has 2 aromatic carbocycles. The van der Waals surface area contributed by atoms with Crippen molar-refractivity contribution in [3.8, 4) is 0 Å². The summed E-state index contributed by atoms with van der Waals surface area (Å²) in [6, 6.07) is 15.4. The molecule has 156 valence electrons. The number of carbonyl (C=O) groups excluding carboxylic acids is 1. The number of aromatic nitrogens is 1. The molecule has 3 aromatic rings. The average Bonchev–Trinajstić information content (AvgIpc) is 2.74. The summed E-state index contributed by atoms with van der Waals surface area (Å²) >= 11 is 7.80. The van der Waals surface area contributed by atoms with Gasteiger partial charge >= 0.3 is 0 Å². The molecule has 1 heterocycles. The number of anilines is 1. The van der Waals surface area contributed by atoms with E-state index in [9.17, 15) is 13.2 Å². The summed E-state index contributed by atoms with van der Waals surface area (Å²) in [5.41, 5.74) is 1.80. The lowest BCUT2D eigenvalue weighted by Crippen LogP contribution is -2.23. The van der Waals surface area contributed by atoms with Crippen LogP contribution in [0.4, 0.5) is 5.69 Å². The second-order valence-corrected chi connectivity index (χ2v) is 10.2. The maximum atomic E-state index is 12.7. The molecule has 1 amide bonds. The molecule has 1 aromatic heterocycles. The van der Waals surface area contributed by atoms with Crippen LogP contribution in [0.25, 0.3) is 0 Å². The topological polar surface area (TPSA) is 79.4 Å². The van der Waals surface area contributed by atoms with Crippen molar-refractivity contribution in [1.82, 2.24) is 9.29 Å². The number of carbonyl (C=O) groups is 1. The lowest BCUT2D eigenvalue weighted by molar-refractivity contribution is 0.102. The van der Waals surface area contributed by atoms with Crippen molar-refractivity contribution in [3.05, 3.63) is 83.1 Å². The summed E-state index contributed by atoms with van der Waals surface area (Å²) in [4.78, 5) is 17.8. The number of amides is 1. The van der Waals surface area contributed by atoms with E-state index in [1.807, 2.05) is 30.5 Å². The summed E-state index contributed by atoms with van der Waals surface area (Å²) in [5, 5.41) is 2.93. The fraction of sp³-hybridized carbons (Fsp3) is 0.143. The van der Waals surface area contributed by atoms with Gasteiger partial charge in [-0.1, -0.05) is 17.7 Å². The van der Waals surface area contributed by atoms with E-state index in [-0.39, 0.29) is 15.5 Å². The summed E-state index contributed by atoms with van der Waals surface area (Å²) < 4.78 is 25.7. The molecule has 0 saturated heterocycles. The molecule has 0 aliphatic heterocycles. The zero-order chi connectivity index (χ0) is 21.7. The molecule has 30 heavy (non-hydrogen) atoms. The summed E-state index contributed by atoms with van der Waals surface area (Å²) in [7, 11) is -0.814. The van der Waals surface area contributed by atoms with E-state index in [0.29, 0.717) is 5.69 Å². The molecule has 0 aliphatic rings. The van der Waals surface area contributed by atoms with Crippen LogP contribution in [0.15, 0.2) is 76.8 Å². The van der Waals surface area contributed by atoms with Gasteiger partial charge in [-0.15, -0.1) is 11.8 Å². The highest BCUT2D eigenvalue weighted by atomic mass is 35.5. The second kappa shape index (κ2) is 9.61. The number of thioether (sulfide) groups is 1. The van der Waals surface area contributed by atoms with E-state index in [2.05, 4.69) is 10.3 Å². The van der Waals surface area contributed by atoms with Gasteiger partial charge in [0.2, 0.25) is 10.0 Å². The number of sulfonamides is 1. The number of nitrogens with zero attached hydrogens (tertiary/aromatic N) is 2. The minimum atomic E-state index is -3.67. The third-order valence-electron chi connectivity index (χ3n) is 4.20. The summed E-state index contributed by atoms with van der Waals surface area (Å²) in [6.45, 7) is 0. The van der Waals surface area contributed by atoms with Gasteiger partial charge in [0.25, 0.3) is 5.91 Å². The molecule has 9 heteroatoms. The Bertz CT molecular complexity index is 1140. The van der Waals surface area contributed by atoms with Crippen molar-refractivity contribution in [2.75, 3.05) is 19.4 Å². The zero-order valence-electron chi connectivity index (χ0n) is 16.4. The van der Waals surface area contributed by atoms with Gasteiger partial charge < -0.3 is 5.32 Å². The highest BCUT2D eigenvalue weighted by molar-refractivity contribution is 7.98. The normalized spacial score (nSPS) is 11.5. The lowest BCUT2D eigenvalue weighted by Gasteiger charge is -2.13. The second-order valence-electron chi connectivity index (χ2n) is 6.56. The molecular weight excluding hydrogens is 442 g/mol. The van der Waals surface area contributed by atoms with Crippen molar-refractivity contribution < 1.29 is 13.2 Å². The third kappa shape index (κ3) is 5.40. The standard InChI is InChI=1S/C21H20ClN3O3S2/c1-25(2)30(27,28)18-9-10-20(22)19(12-18)21(26)24-16-5-7-17(8-6-16)29-14-15-4-3-11-23-13-15/h3-13H,14H2,1-2H3,(H,24,26). The molecule has 0 bridgehead atoms. The minimum Gasteiger partial charge on any atom is -0.322 e. The van der Waals surface area contributed by atoms with E-state index in [0.717, 1.165) is 20.5 Å². The van der Waals surface area contributed by atoms with Crippen LogP contribution in [-0.4, -0.2) is 37.7 Å². The highest BCUT2D eigenvalue weighted by Crippen LogP contribution is 2.26. The Morgan fingerprint density at radius 3 is 2.50 bits per heavy atom. The fourth-order valence-corrected chi connectivity index (χ4v) is 4.50. The first kappa shape index (κ1) is 22.3. The molecule has 6 nitrogen and oxygen atoms in total. The number of nitrogens with one attached hydrogen (secondary N) is 1. The molecule has 0 fully saturated rings. The van der Waals surface area contributed by atoms with Crippen molar-refractivity contribution in [2.45, 2.75) is 15.5 Å². The smallest absolute Gasteiger partial charge is 0.257 e. The van der Waals surface area contributed by atoms with Crippen LogP contribution in [0.5, 0.6) is 0 Å². The Kier molecular flexibility index (Phi) is 7.14. The average molecular weight is 462 g/mol. The predicted molar refractivity (Wildman–Crippen MR) is 121 cm³/mol. The fourth-order valence-electron chi connectivity index (χ4n) is 2.53. The van der Waals surface area contributed by atoms with Gasteiger partial charge in [-0.25, -0.2) is 12.7 Å². The van der Waals surface area contributed by atoms with Gasteiger partial charge in [0.1, 0.15) is 0 Å². The van der Waals surface area contributed by atoms with Crippen LogP contribution in [0.1, 0.15) is 15.9 Å². The van der Waals surface area contributed by atoms with Crippen LogP contribution >= 0.6 is 23.4 Å². The SMILES string of the molecule is CN(C)S(=O)(=O)c1ccc(Cl)c(C(=O)Nc2ccc(SCc3cccnc3)cc2)c1. The molecular formula is C21H20ClN3O3S2. The molecule has 0 saturated carbocycles. The van der Waals surface area contributed by atoms with Crippen LogP contribution < -0.4 is 5.32 Å². The largest absolute Gasteiger partial charge is 0.322 e. The molecule has 1 N–H and O–H groups in total. The number of halogens is 1. The number of hydrogen-bond acceptors (Lipinski definition) is 5. The molecule has 0 unspecified atom stereocenters. The lowest BCUT2D eigenvalue weighted by atomic mass is 10.2. The van der Waals surface area contributed by atoms with Gasteiger partial charge in [0.05, 0.1) is 15.5 Å². The quantitative estimate of drug-likeness (QED) is 0.523. The number of hydrogen-bond donors (Lipinski definition) is 1. The van der Waals surface area contributed by atoms with Crippen molar-refractivity contribution >= 4 is 45.0 Å². The van der Waals surface area contributed by atoms with Gasteiger partial charge in [0.15, 0.2) is 0 Å². The van der Waals surface area contributed by atoms with Gasteiger partial charge in [-0.2, -0.15) is 0 Å². The Labute approximate surface area is 185 Å². The van der Waals surface area contributed by atoms with E-state index >= 15 is 0 Å². The van der Waals surface area contributed by atoms with E-state index in [1.165, 1.54) is 32.3 Å². The first-order valence-corrected chi connectivity index (χ1v) is 11.7. The van der Waals surface area contributed by atoms with Crippen LogP contribution in [0, 0.1) is 0 Å². The first-order chi connectivity index (χ1) is 14.3. The molecule has 0 atom stereocenters. The maximum Gasteiger partial charge on any atom is 0.257 e. The Balaban J connectivity index is 1.70. The van der Waals surface area contributed by atoms with Crippen molar-refractivity contribution in [3.63, 3.8) is 0 Å². The van der Waals surface area contributed by atoms with Gasteiger partial charge in [-0.3, -0.25) is 9.78 Å². The summed E-state index contributed by atoms with van der Waals surface area (Å²) in [5.74, 6) is 0.314. The minimum absolute atomic E-state index is 0.00389. The Morgan fingerprint density at radius 2 is 1.87 bits per heavy atom. The predicted octanol–water partition coefficient (Wildman–Crippen LogP) is 4.53. The monoisotopic (exact) mass is 461 g/mol. The number of benzene rings is 2. The molecule has 0 aliphatic carbocycles. The number of rotatable bonds is 7. The van der Waals surface area contributed by atoms with E-state index in [1.54, 1.807) is 30.1 Å². The molecule has 0 radical (unpaired) electrons. The van der Waals surface area contributed by atoms with E-state index < -0.39 is 15.9 Å². The maximum absolute atomic E-state index is 12.7. The number of pyridine rings is 1. The molecule has 0 spiro atoms. The Hall–Kier alpha value is -2.39. The summed E-state index contributed by atoms with van der Waals surface area (Å²) in [6.07, 6.45) is 3.57.